The van der Waals surface area contributed by atoms with Crippen molar-refractivity contribution in [3.05, 3.63) is 75.4 Å². The van der Waals surface area contributed by atoms with Crippen LogP contribution in [-0.4, -0.2) is 30.1 Å². The molecule has 0 aromatic heterocycles. The minimum absolute atomic E-state index is 0.385. The number of hydrogen-bond acceptors (Lipinski definition) is 2. The van der Waals surface area contributed by atoms with Gasteiger partial charge in [-0.05, 0) is 83.2 Å². The van der Waals surface area contributed by atoms with Crippen molar-refractivity contribution in [2.45, 2.75) is 44.7 Å². The van der Waals surface area contributed by atoms with E-state index in [0.717, 1.165) is 39.0 Å². The fourth-order valence-electron chi connectivity index (χ4n) is 4.37. The number of benzene rings is 2. The van der Waals surface area contributed by atoms with Crippen LogP contribution in [0.3, 0.4) is 0 Å². The molecule has 27 heavy (non-hydrogen) atoms. The molecule has 3 heteroatoms. The quantitative estimate of drug-likeness (QED) is 0.408. The number of halogens is 1. The van der Waals surface area contributed by atoms with Crippen molar-refractivity contribution in [2.24, 2.45) is 0 Å². The first-order chi connectivity index (χ1) is 13.1. The third-order valence-electron chi connectivity index (χ3n) is 6.17. The maximum absolute atomic E-state index is 3.95. The van der Waals surface area contributed by atoms with E-state index >= 15 is 0 Å². The lowest BCUT2D eigenvalue weighted by molar-refractivity contribution is 0.149. The van der Waals surface area contributed by atoms with Crippen molar-refractivity contribution in [3.63, 3.8) is 0 Å². The first kappa shape index (κ1) is 19.0. The van der Waals surface area contributed by atoms with Gasteiger partial charge < -0.3 is 4.90 Å². The summed E-state index contributed by atoms with van der Waals surface area (Å²) < 4.78 is 1.31. The minimum Gasteiger partial charge on any atom is -0.368 e. The van der Waals surface area contributed by atoms with Gasteiger partial charge in [0.1, 0.15) is 0 Å². The third kappa shape index (κ3) is 4.09. The Morgan fingerprint density at radius 1 is 1.07 bits per heavy atom. The summed E-state index contributed by atoms with van der Waals surface area (Å²) in [7, 11) is 0. The number of nitrogens with zero attached hydrogens (tertiary/aromatic N) is 2. The van der Waals surface area contributed by atoms with Crippen LogP contribution < -0.4 is 4.90 Å². The van der Waals surface area contributed by atoms with Crippen molar-refractivity contribution in [1.82, 2.24) is 4.90 Å². The average Bonchev–Trinajstić information content (AvgIpc) is 3.44. The van der Waals surface area contributed by atoms with E-state index < -0.39 is 0 Å². The van der Waals surface area contributed by atoms with Crippen LogP contribution in [0.2, 0.25) is 0 Å². The van der Waals surface area contributed by atoms with Crippen molar-refractivity contribution >= 4 is 28.3 Å². The summed E-state index contributed by atoms with van der Waals surface area (Å²) in [4.78, 5) is 5.36. The van der Waals surface area contributed by atoms with E-state index in [1.54, 1.807) is 0 Å². The number of piperazine rings is 1. The molecule has 0 atom stereocenters. The Morgan fingerprint density at radius 2 is 1.81 bits per heavy atom. The van der Waals surface area contributed by atoms with Gasteiger partial charge in [0.25, 0.3) is 0 Å². The van der Waals surface area contributed by atoms with Crippen LogP contribution >= 0.6 is 22.6 Å². The van der Waals surface area contributed by atoms with Crippen LogP contribution in [0.25, 0.3) is 0 Å². The number of anilines is 1. The molecule has 0 amide bonds. The predicted molar refractivity (Wildman–Crippen MR) is 123 cm³/mol. The Balaban J connectivity index is 1.49. The zero-order valence-corrected chi connectivity index (χ0v) is 18.4. The molecule has 2 aromatic carbocycles. The molecule has 2 fully saturated rings. The lowest BCUT2D eigenvalue weighted by Gasteiger charge is -2.44. The van der Waals surface area contributed by atoms with Crippen LogP contribution in [0.1, 0.15) is 36.5 Å². The van der Waals surface area contributed by atoms with Gasteiger partial charge in [-0.2, -0.15) is 0 Å². The molecule has 0 bridgehead atoms. The summed E-state index contributed by atoms with van der Waals surface area (Å²) in [6.07, 6.45) is 6.75. The second-order valence-electron chi connectivity index (χ2n) is 8.00. The van der Waals surface area contributed by atoms with E-state index in [4.69, 9.17) is 0 Å². The van der Waals surface area contributed by atoms with E-state index in [0.29, 0.717) is 5.54 Å². The highest BCUT2D eigenvalue weighted by Gasteiger charge is 2.51. The Bertz CT molecular complexity index is 808. The summed E-state index contributed by atoms with van der Waals surface area (Å²) in [6, 6.07) is 16.1. The highest BCUT2D eigenvalue weighted by atomic mass is 127. The van der Waals surface area contributed by atoms with Gasteiger partial charge in [0.05, 0.1) is 0 Å². The lowest BCUT2D eigenvalue weighted by Crippen LogP contribution is -2.54. The van der Waals surface area contributed by atoms with Crippen molar-refractivity contribution < 1.29 is 0 Å². The Kier molecular flexibility index (Phi) is 5.60. The molecule has 1 heterocycles. The van der Waals surface area contributed by atoms with E-state index in [1.807, 2.05) is 6.08 Å². The normalized spacial score (nSPS) is 18.7. The minimum atomic E-state index is 0.385. The molecule has 2 aromatic rings. The Labute approximate surface area is 177 Å². The number of rotatable bonds is 6. The van der Waals surface area contributed by atoms with Gasteiger partial charge in [-0.1, -0.05) is 37.3 Å². The molecule has 0 radical (unpaired) electrons. The summed E-state index contributed by atoms with van der Waals surface area (Å²) in [6.45, 7) is 10.7. The highest BCUT2D eigenvalue weighted by molar-refractivity contribution is 14.1. The van der Waals surface area contributed by atoms with E-state index in [2.05, 4.69) is 88.4 Å². The van der Waals surface area contributed by atoms with Crippen molar-refractivity contribution in [2.75, 3.05) is 24.5 Å². The summed E-state index contributed by atoms with van der Waals surface area (Å²) in [5, 5.41) is 0. The first-order valence-corrected chi connectivity index (χ1v) is 11.2. The summed E-state index contributed by atoms with van der Waals surface area (Å²) in [5.41, 5.74) is 6.09. The van der Waals surface area contributed by atoms with E-state index in [-0.39, 0.29) is 0 Å². The Hall–Kier alpha value is -1.33. The van der Waals surface area contributed by atoms with Crippen LogP contribution in [0.4, 0.5) is 5.69 Å². The standard InChI is InChI=1S/C24H29IN2/c1-3-5-21-16-22(25)10-11-23(21)26-14-15-27(24(18-26)12-13-24)17-20-8-6-19(4-2)7-9-20/h3,6-11,16H,1,4-5,12-15,17-18H2,2H3. The average molecular weight is 472 g/mol. The van der Waals surface area contributed by atoms with Gasteiger partial charge in [0.2, 0.25) is 0 Å². The van der Waals surface area contributed by atoms with Crippen LogP contribution in [-0.2, 0) is 19.4 Å². The largest absolute Gasteiger partial charge is 0.368 e. The zero-order chi connectivity index (χ0) is 18.9. The monoisotopic (exact) mass is 472 g/mol. The second kappa shape index (κ2) is 7.96. The van der Waals surface area contributed by atoms with Crippen LogP contribution in [0.5, 0.6) is 0 Å². The number of allylic oxidation sites excluding steroid dienone is 1. The predicted octanol–water partition coefficient (Wildman–Crippen LogP) is 5.44. The van der Waals surface area contributed by atoms with Gasteiger partial charge >= 0.3 is 0 Å². The number of aryl methyl sites for hydroxylation is 1. The van der Waals surface area contributed by atoms with Crippen LogP contribution in [0.15, 0.2) is 55.1 Å². The molecule has 1 spiro atoms. The van der Waals surface area contributed by atoms with Crippen molar-refractivity contribution in [3.8, 4) is 0 Å². The molecule has 0 N–H and O–H groups in total. The smallest absolute Gasteiger partial charge is 0.0403 e. The molecule has 1 saturated heterocycles. The lowest BCUT2D eigenvalue weighted by atomic mass is 10.0. The third-order valence-corrected chi connectivity index (χ3v) is 6.85. The summed E-state index contributed by atoms with van der Waals surface area (Å²) >= 11 is 2.41. The maximum atomic E-state index is 3.95. The molecular weight excluding hydrogens is 443 g/mol. The van der Waals surface area contributed by atoms with Crippen LogP contribution in [0, 0.1) is 3.57 Å². The SMILES string of the molecule is C=CCc1cc(I)ccc1N1CCN(Cc2ccc(CC)cc2)C2(CC2)C1. The molecule has 0 unspecified atom stereocenters. The number of hydrogen-bond donors (Lipinski definition) is 0. The highest BCUT2D eigenvalue weighted by Crippen LogP contribution is 2.46. The molecule has 2 nitrogen and oxygen atoms in total. The zero-order valence-electron chi connectivity index (χ0n) is 16.3. The molecular formula is C24H29IN2. The molecule has 2 aliphatic rings. The molecule has 1 aliphatic carbocycles. The summed E-state index contributed by atoms with van der Waals surface area (Å²) in [5.74, 6) is 0. The second-order valence-corrected chi connectivity index (χ2v) is 9.25. The van der Waals surface area contributed by atoms with E-state index in [1.165, 1.54) is 38.8 Å². The van der Waals surface area contributed by atoms with Crippen molar-refractivity contribution in [1.29, 1.82) is 0 Å². The first-order valence-electron chi connectivity index (χ1n) is 10.1. The fraction of sp³-hybridized carbons (Fsp3) is 0.417. The van der Waals surface area contributed by atoms with Gasteiger partial charge in [0.15, 0.2) is 0 Å². The topological polar surface area (TPSA) is 6.48 Å². The molecule has 1 aliphatic heterocycles. The maximum Gasteiger partial charge on any atom is 0.0403 e. The molecule has 4 rings (SSSR count). The fourth-order valence-corrected chi connectivity index (χ4v) is 4.92. The van der Waals surface area contributed by atoms with Gasteiger partial charge in [-0.3, -0.25) is 4.90 Å². The van der Waals surface area contributed by atoms with Gasteiger partial charge in [0, 0.05) is 41.0 Å². The molecule has 1 saturated carbocycles. The van der Waals surface area contributed by atoms with Gasteiger partial charge in [-0.25, -0.2) is 0 Å². The van der Waals surface area contributed by atoms with Gasteiger partial charge in [-0.15, -0.1) is 6.58 Å². The van der Waals surface area contributed by atoms with E-state index in [9.17, 15) is 0 Å². The molecule has 142 valence electrons. The Morgan fingerprint density at radius 3 is 2.48 bits per heavy atom.